The second-order valence-electron chi connectivity index (χ2n) is 15.4. The highest BCUT2D eigenvalue weighted by atomic mass is 16.5. The maximum absolute atomic E-state index is 14.5. The number of Topliss-reactive ketones (excluding diaryl/α,β-unsaturated/α-hetero) is 2. The molecule has 4 amide bonds. The van der Waals surface area contributed by atoms with Gasteiger partial charge in [0.25, 0.3) is 0 Å². The van der Waals surface area contributed by atoms with Crippen molar-refractivity contribution in [2.75, 3.05) is 13.2 Å². The van der Waals surface area contributed by atoms with Crippen LogP contribution in [0.15, 0.2) is 30.5 Å². The number of fused-ring (bicyclic) bond motifs is 1. The largest absolute Gasteiger partial charge is 0.494 e. The smallest absolute Gasteiger partial charge is 0.315 e. The Morgan fingerprint density at radius 2 is 1.78 bits per heavy atom. The maximum Gasteiger partial charge on any atom is 0.315 e. The molecule has 3 aliphatic rings. The van der Waals surface area contributed by atoms with Crippen LogP contribution in [0.2, 0.25) is 0 Å². The fourth-order valence-electron chi connectivity index (χ4n) is 6.63. The number of benzene rings is 1. The zero-order chi connectivity index (χ0) is 35.9. The van der Waals surface area contributed by atoms with Crippen LogP contribution in [0.3, 0.4) is 0 Å². The van der Waals surface area contributed by atoms with Gasteiger partial charge in [0.05, 0.1) is 19.1 Å². The highest BCUT2D eigenvalue weighted by Gasteiger charge is 2.64. The topological polar surface area (TPSA) is 168 Å². The number of rotatable bonds is 11. The summed E-state index contributed by atoms with van der Waals surface area (Å²) in [5.74, 6) is -1.91. The Morgan fingerprint density at radius 3 is 2.39 bits per heavy atom. The number of aromatic nitrogens is 1. The first-order valence-electron chi connectivity index (χ1n) is 17.2. The molecule has 1 aromatic heterocycles. The molecule has 2 aliphatic carbocycles. The summed E-state index contributed by atoms with van der Waals surface area (Å²) in [7, 11) is 0. The minimum absolute atomic E-state index is 0.0141. The molecule has 266 valence electrons. The third-order valence-corrected chi connectivity index (χ3v) is 9.17. The third-order valence-electron chi connectivity index (χ3n) is 9.17. The van der Waals surface area contributed by atoms with Gasteiger partial charge < -0.3 is 30.3 Å². The van der Waals surface area contributed by atoms with Crippen molar-refractivity contribution in [3.05, 3.63) is 30.5 Å². The average molecular weight is 679 g/mol. The molecule has 2 heterocycles. The standard InChI is InChI=1S/C36H50N6O7/c1-9-25-27(43)29(44)36(25,39-21-11-12-21)40-30(45)26-18-23(49-31-24-14-13-22(48-10-2)17-20(24)15-16-37-31)19-42(26)32(46)28(34(3,4)5)38-33(47)41-35(6,7)8/h13-17,21,23,25-26,28,39H,9-12,18-19H2,1-8H3,(H,40,45)(H2,38,41,47)/t23-,25?,26+,28-,36+/m1/s1. The molecule has 0 bridgehead atoms. The van der Waals surface area contributed by atoms with Gasteiger partial charge in [-0.3, -0.25) is 24.5 Å². The molecule has 2 saturated carbocycles. The molecule has 2 aromatic rings. The van der Waals surface area contributed by atoms with Crippen molar-refractivity contribution < 1.29 is 33.4 Å². The number of amides is 4. The fraction of sp³-hybridized carbons (Fsp3) is 0.611. The Labute approximate surface area is 287 Å². The number of hydrogen-bond donors (Lipinski definition) is 4. The molecule has 0 radical (unpaired) electrons. The number of hydrogen-bond acceptors (Lipinski definition) is 9. The molecule has 3 fully saturated rings. The summed E-state index contributed by atoms with van der Waals surface area (Å²) in [6.45, 7) is 15.3. The van der Waals surface area contributed by atoms with Crippen LogP contribution in [0.25, 0.3) is 10.8 Å². The monoisotopic (exact) mass is 678 g/mol. The van der Waals surface area contributed by atoms with E-state index in [2.05, 4.69) is 26.3 Å². The van der Waals surface area contributed by atoms with Crippen LogP contribution < -0.4 is 30.7 Å². The molecule has 13 heteroatoms. The predicted molar refractivity (Wildman–Crippen MR) is 183 cm³/mol. The third kappa shape index (κ3) is 7.66. The van der Waals surface area contributed by atoms with Crippen LogP contribution in [0.4, 0.5) is 4.79 Å². The minimum atomic E-state index is -1.53. The van der Waals surface area contributed by atoms with Gasteiger partial charge >= 0.3 is 6.03 Å². The van der Waals surface area contributed by atoms with Gasteiger partial charge in [0.15, 0.2) is 5.66 Å². The number of urea groups is 1. The maximum atomic E-state index is 14.5. The number of carbonyl (C=O) groups excluding carboxylic acids is 5. The normalized spacial score (nSPS) is 24.7. The van der Waals surface area contributed by atoms with Crippen LogP contribution >= 0.6 is 0 Å². The van der Waals surface area contributed by atoms with Gasteiger partial charge in [0, 0.05) is 29.6 Å². The van der Waals surface area contributed by atoms with Gasteiger partial charge in [-0.2, -0.15) is 0 Å². The zero-order valence-electron chi connectivity index (χ0n) is 29.8. The van der Waals surface area contributed by atoms with Crippen molar-refractivity contribution in [3.63, 3.8) is 0 Å². The molecule has 1 aliphatic heterocycles. The highest BCUT2D eigenvalue weighted by Crippen LogP contribution is 2.37. The average Bonchev–Trinajstić information content (AvgIpc) is 3.73. The SMILES string of the molecule is CCOc1ccc2c(O[C@@H]3C[C@@H](C(=O)N[C@]4(NC5CC5)C(=O)C(=O)C4CC)N(C(=O)[C@@H](NC(=O)NC(C)(C)C)C(C)(C)C)C3)nccc2c1. The first-order chi connectivity index (χ1) is 23.0. The Balaban J connectivity index is 1.46. The van der Waals surface area contributed by atoms with Crippen LogP contribution in [-0.2, 0) is 19.2 Å². The predicted octanol–water partition coefficient (Wildman–Crippen LogP) is 3.24. The molecule has 4 N–H and O–H groups in total. The van der Waals surface area contributed by atoms with Gasteiger partial charge in [-0.15, -0.1) is 0 Å². The van der Waals surface area contributed by atoms with E-state index in [1.807, 2.05) is 72.7 Å². The Hall–Kier alpha value is -4.26. The van der Waals surface area contributed by atoms with Crippen LogP contribution in [0.5, 0.6) is 11.6 Å². The van der Waals surface area contributed by atoms with Gasteiger partial charge in [0.2, 0.25) is 29.3 Å². The number of ether oxygens (including phenoxy) is 2. The van der Waals surface area contributed by atoms with Crippen LogP contribution in [0, 0.1) is 11.3 Å². The van der Waals surface area contributed by atoms with E-state index in [-0.39, 0.29) is 19.0 Å². The van der Waals surface area contributed by atoms with Gasteiger partial charge in [-0.25, -0.2) is 9.78 Å². The molecular weight excluding hydrogens is 628 g/mol. The van der Waals surface area contributed by atoms with E-state index in [1.54, 1.807) is 13.1 Å². The molecule has 5 rings (SSSR count). The summed E-state index contributed by atoms with van der Waals surface area (Å²) >= 11 is 0. The lowest BCUT2D eigenvalue weighted by Gasteiger charge is -2.47. The van der Waals surface area contributed by atoms with E-state index < -0.39 is 70.1 Å². The number of carbonyl (C=O) groups is 5. The summed E-state index contributed by atoms with van der Waals surface area (Å²) in [5.41, 5.74) is -2.81. The number of nitrogens with zero attached hydrogens (tertiary/aromatic N) is 2. The second-order valence-corrected chi connectivity index (χ2v) is 15.4. The number of ketones is 2. The molecule has 0 spiro atoms. The molecule has 13 nitrogen and oxygen atoms in total. The van der Waals surface area contributed by atoms with Crippen LogP contribution in [-0.4, -0.2) is 87.9 Å². The second kappa shape index (κ2) is 13.6. The minimum Gasteiger partial charge on any atom is -0.494 e. The molecule has 1 unspecified atom stereocenters. The van der Waals surface area contributed by atoms with E-state index in [0.29, 0.717) is 24.7 Å². The van der Waals surface area contributed by atoms with E-state index in [0.717, 1.165) is 23.6 Å². The van der Waals surface area contributed by atoms with Gasteiger partial charge in [0.1, 0.15) is 23.9 Å². The zero-order valence-corrected chi connectivity index (χ0v) is 29.8. The number of nitrogens with one attached hydrogen (secondary N) is 4. The fourth-order valence-corrected chi connectivity index (χ4v) is 6.63. The van der Waals surface area contributed by atoms with Crippen molar-refractivity contribution in [2.24, 2.45) is 11.3 Å². The molecular formula is C36H50N6O7. The van der Waals surface area contributed by atoms with E-state index >= 15 is 0 Å². The van der Waals surface area contributed by atoms with Crippen molar-refractivity contribution in [2.45, 2.75) is 117 Å². The first kappa shape index (κ1) is 36.0. The van der Waals surface area contributed by atoms with E-state index in [9.17, 15) is 24.0 Å². The first-order valence-corrected chi connectivity index (χ1v) is 17.2. The lowest BCUT2D eigenvalue weighted by atomic mass is 9.68. The Kier molecular flexibility index (Phi) is 9.98. The summed E-state index contributed by atoms with van der Waals surface area (Å²) < 4.78 is 12.1. The summed E-state index contributed by atoms with van der Waals surface area (Å²) in [4.78, 5) is 73.4. The van der Waals surface area contributed by atoms with Crippen molar-refractivity contribution in [1.82, 2.24) is 31.2 Å². The van der Waals surface area contributed by atoms with Gasteiger partial charge in [-0.1, -0.05) is 27.7 Å². The van der Waals surface area contributed by atoms with Crippen molar-refractivity contribution in [1.29, 1.82) is 0 Å². The molecule has 1 aromatic carbocycles. The molecule has 5 atom stereocenters. The van der Waals surface area contributed by atoms with E-state index in [4.69, 9.17) is 9.47 Å². The lowest BCUT2D eigenvalue weighted by molar-refractivity contribution is -0.161. The highest BCUT2D eigenvalue weighted by molar-refractivity contribution is 6.49. The van der Waals surface area contributed by atoms with E-state index in [1.165, 1.54) is 4.90 Å². The van der Waals surface area contributed by atoms with Crippen molar-refractivity contribution in [3.8, 4) is 11.6 Å². The molecule has 49 heavy (non-hydrogen) atoms. The quantitative estimate of drug-likeness (QED) is 0.206. The van der Waals surface area contributed by atoms with Crippen molar-refractivity contribution >= 4 is 40.2 Å². The molecule has 1 saturated heterocycles. The summed E-state index contributed by atoms with van der Waals surface area (Å²) in [6, 6.07) is 4.85. The summed E-state index contributed by atoms with van der Waals surface area (Å²) in [5, 5.41) is 13.4. The Bertz CT molecular complexity index is 1630. The summed E-state index contributed by atoms with van der Waals surface area (Å²) in [6.07, 6.45) is 3.09. The van der Waals surface area contributed by atoms with Crippen LogP contribution in [0.1, 0.15) is 81.1 Å². The van der Waals surface area contributed by atoms with Gasteiger partial charge in [-0.05, 0) is 82.0 Å². The number of likely N-dealkylation sites (tertiary alicyclic amines) is 1. The Morgan fingerprint density at radius 1 is 1.06 bits per heavy atom. The lowest BCUT2D eigenvalue weighted by Crippen LogP contribution is -2.80. The number of pyridine rings is 1.